The topological polar surface area (TPSA) is 129 Å². The largest absolute Gasteiger partial charge is 0.373 e. The summed E-state index contributed by atoms with van der Waals surface area (Å²) in [5.74, 6) is -0.271. The van der Waals surface area contributed by atoms with Crippen molar-refractivity contribution in [2.24, 2.45) is 5.73 Å². The van der Waals surface area contributed by atoms with Gasteiger partial charge in [0.15, 0.2) is 0 Å². The molecule has 3 N–H and O–H groups in total. The van der Waals surface area contributed by atoms with Crippen LogP contribution in [0.25, 0.3) is 5.82 Å². The number of nitrogens with zero attached hydrogens (tertiary/aromatic N) is 4. The van der Waals surface area contributed by atoms with Crippen LogP contribution in [-0.2, 0) is 0 Å². The molecule has 0 aliphatic rings. The zero-order valence-electron chi connectivity index (χ0n) is 9.90. The lowest BCUT2D eigenvalue weighted by molar-refractivity contribution is -0.384. The molecule has 0 bridgehead atoms. The minimum absolute atomic E-state index is 0.00403. The van der Waals surface area contributed by atoms with Gasteiger partial charge in [-0.25, -0.2) is 9.67 Å². The van der Waals surface area contributed by atoms with E-state index in [1.54, 1.807) is 7.05 Å². The second-order valence-electron chi connectivity index (χ2n) is 3.56. The zero-order valence-corrected chi connectivity index (χ0v) is 9.90. The Labute approximate surface area is 107 Å². The Morgan fingerprint density at radius 1 is 1.47 bits per heavy atom. The molecule has 0 saturated carbocycles. The van der Waals surface area contributed by atoms with Crippen molar-refractivity contribution >= 4 is 17.4 Å². The molecule has 0 saturated heterocycles. The van der Waals surface area contributed by atoms with Crippen molar-refractivity contribution in [1.29, 1.82) is 0 Å². The van der Waals surface area contributed by atoms with Gasteiger partial charge < -0.3 is 11.1 Å². The second kappa shape index (κ2) is 4.72. The highest BCUT2D eigenvalue weighted by Gasteiger charge is 2.19. The van der Waals surface area contributed by atoms with Crippen LogP contribution < -0.4 is 11.1 Å². The Morgan fingerprint density at radius 3 is 2.74 bits per heavy atom. The molecule has 0 atom stereocenters. The molecule has 0 aliphatic carbocycles. The van der Waals surface area contributed by atoms with E-state index in [2.05, 4.69) is 15.4 Å². The summed E-state index contributed by atoms with van der Waals surface area (Å²) < 4.78 is 1.14. The Hall–Kier alpha value is -2.97. The molecule has 98 valence electrons. The normalized spacial score (nSPS) is 10.2. The first-order valence-corrected chi connectivity index (χ1v) is 5.22. The number of hydrogen-bond donors (Lipinski definition) is 2. The van der Waals surface area contributed by atoms with E-state index >= 15 is 0 Å². The van der Waals surface area contributed by atoms with E-state index in [9.17, 15) is 14.9 Å². The summed E-state index contributed by atoms with van der Waals surface area (Å²) in [5.41, 5.74) is 4.86. The van der Waals surface area contributed by atoms with Crippen LogP contribution in [0.2, 0.25) is 0 Å². The highest BCUT2D eigenvalue weighted by Crippen LogP contribution is 2.22. The molecule has 2 rings (SSSR count). The summed E-state index contributed by atoms with van der Waals surface area (Å²) in [5, 5.41) is 17.6. The summed E-state index contributed by atoms with van der Waals surface area (Å²) in [6.07, 6.45) is 1.38. The van der Waals surface area contributed by atoms with Gasteiger partial charge in [-0.05, 0) is 12.1 Å². The number of pyridine rings is 1. The molecule has 2 aromatic rings. The number of anilines is 1. The first kappa shape index (κ1) is 12.5. The van der Waals surface area contributed by atoms with E-state index in [0.717, 1.165) is 4.68 Å². The third kappa shape index (κ3) is 2.34. The Kier molecular flexibility index (Phi) is 3.10. The molecule has 9 nitrogen and oxygen atoms in total. The summed E-state index contributed by atoms with van der Waals surface area (Å²) in [6, 6.07) is 4.14. The smallest absolute Gasteiger partial charge is 0.313 e. The molecular weight excluding hydrogens is 252 g/mol. The number of primary amides is 1. The van der Waals surface area contributed by atoms with Crippen molar-refractivity contribution in [1.82, 2.24) is 14.8 Å². The average Bonchev–Trinajstić information content (AvgIpc) is 2.87. The molecule has 0 spiro atoms. The third-order valence-electron chi connectivity index (χ3n) is 2.37. The van der Waals surface area contributed by atoms with Gasteiger partial charge in [0.2, 0.25) is 5.82 Å². The van der Waals surface area contributed by atoms with Crippen molar-refractivity contribution in [3.8, 4) is 5.82 Å². The highest BCUT2D eigenvalue weighted by atomic mass is 16.6. The number of nitro groups is 1. The van der Waals surface area contributed by atoms with Crippen molar-refractivity contribution in [2.45, 2.75) is 0 Å². The van der Waals surface area contributed by atoms with Gasteiger partial charge in [-0.15, -0.1) is 0 Å². The Bertz CT molecular complexity index is 650. The van der Waals surface area contributed by atoms with Crippen molar-refractivity contribution in [3.05, 3.63) is 40.2 Å². The lowest BCUT2D eigenvalue weighted by Crippen LogP contribution is -2.13. The van der Waals surface area contributed by atoms with Crippen molar-refractivity contribution < 1.29 is 9.72 Å². The van der Waals surface area contributed by atoms with Gasteiger partial charge in [0, 0.05) is 19.3 Å². The lowest BCUT2D eigenvalue weighted by Gasteiger charge is -2.04. The van der Waals surface area contributed by atoms with E-state index in [1.807, 2.05) is 0 Å². The molecule has 0 aliphatic heterocycles. The summed E-state index contributed by atoms with van der Waals surface area (Å²) in [4.78, 5) is 25.4. The van der Waals surface area contributed by atoms with E-state index < -0.39 is 10.8 Å². The predicted octanol–water partition coefficient (Wildman–Crippen LogP) is 0.316. The number of nitrogens with one attached hydrogen (secondary N) is 1. The SMILES string of the molecule is CNc1ccc([N+](=O)[O-])c(-n2ccc(C(N)=O)n2)n1. The minimum Gasteiger partial charge on any atom is -0.373 e. The van der Waals surface area contributed by atoms with Gasteiger partial charge in [-0.2, -0.15) is 5.10 Å². The number of rotatable bonds is 4. The van der Waals surface area contributed by atoms with Crippen LogP contribution >= 0.6 is 0 Å². The number of carbonyl (C=O) groups is 1. The highest BCUT2D eigenvalue weighted by molar-refractivity contribution is 5.90. The first-order chi connectivity index (χ1) is 9.02. The maximum Gasteiger partial charge on any atom is 0.313 e. The lowest BCUT2D eigenvalue weighted by atomic mass is 10.3. The Balaban J connectivity index is 2.57. The van der Waals surface area contributed by atoms with Crippen LogP contribution in [0.4, 0.5) is 11.5 Å². The maximum absolute atomic E-state index is 11.0. The predicted molar refractivity (Wildman–Crippen MR) is 66.1 cm³/mol. The van der Waals surface area contributed by atoms with Gasteiger partial charge in [0.05, 0.1) is 4.92 Å². The van der Waals surface area contributed by atoms with Crippen LogP contribution in [0.3, 0.4) is 0 Å². The van der Waals surface area contributed by atoms with Gasteiger partial charge in [0.1, 0.15) is 11.5 Å². The standard InChI is InChI=1S/C10H10N6O3/c1-12-8-3-2-7(16(18)19)10(13-8)15-5-4-6(14-15)9(11)17/h2-5H,1H3,(H2,11,17)(H,12,13). The molecule has 9 heteroatoms. The molecule has 19 heavy (non-hydrogen) atoms. The number of nitrogens with two attached hydrogens (primary N) is 1. The molecule has 2 aromatic heterocycles. The third-order valence-corrected chi connectivity index (χ3v) is 2.37. The second-order valence-corrected chi connectivity index (χ2v) is 3.56. The van der Waals surface area contributed by atoms with Crippen molar-refractivity contribution in [2.75, 3.05) is 12.4 Å². The fourth-order valence-electron chi connectivity index (χ4n) is 1.46. The number of carbonyl (C=O) groups excluding carboxylic acids is 1. The van der Waals surface area contributed by atoms with E-state index in [1.165, 1.54) is 24.4 Å². The van der Waals surface area contributed by atoms with Gasteiger partial charge in [-0.1, -0.05) is 0 Å². The maximum atomic E-state index is 11.0. The summed E-state index contributed by atoms with van der Waals surface area (Å²) in [6.45, 7) is 0. The molecular formula is C10H10N6O3. The number of amides is 1. The monoisotopic (exact) mass is 262 g/mol. The summed E-state index contributed by atoms with van der Waals surface area (Å²) in [7, 11) is 1.63. The molecule has 1 amide bonds. The van der Waals surface area contributed by atoms with Gasteiger partial charge in [-0.3, -0.25) is 14.9 Å². The molecule has 0 fully saturated rings. The minimum atomic E-state index is -0.717. The Morgan fingerprint density at radius 2 is 2.21 bits per heavy atom. The summed E-state index contributed by atoms with van der Waals surface area (Å²) >= 11 is 0. The van der Waals surface area contributed by atoms with Gasteiger partial charge in [0.25, 0.3) is 5.91 Å². The molecule has 0 radical (unpaired) electrons. The van der Waals surface area contributed by atoms with Crippen LogP contribution in [0.15, 0.2) is 24.4 Å². The average molecular weight is 262 g/mol. The van der Waals surface area contributed by atoms with E-state index in [-0.39, 0.29) is 17.2 Å². The van der Waals surface area contributed by atoms with Crippen LogP contribution in [0.1, 0.15) is 10.5 Å². The molecule has 0 aromatic carbocycles. The van der Waals surface area contributed by atoms with Gasteiger partial charge >= 0.3 is 5.69 Å². The quantitative estimate of drug-likeness (QED) is 0.602. The fourth-order valence-corrected chi connectivity index (χ4v) is 1.46. The first-order valence-electron chi connectivity index (χ1n) is 5.22. The van der Waals surface area contributed by atoms with E-state index in [0.29, 0.717) is 5.82 Å². The molecule has 2 heterocycles. The zero-order chi connectivity index (χ0) is 14.0. The van der Waals surface area contributed by atoms with Crippen LogP contribution in [0, 0.1) is 10.1 Å². The molecule has 0 unspecified atom stereocenters. The fraction of sp³-hybridized carbons (Fsp3) is 0.100. The van der Waals surface area contributed by atoms with Crippen LogP contribution in [-0.4, -0.2) is 32.6 Å². The number of aromatic nitrogens is 3. The van der Waals surface area contributed by atoms with Crippen LogP contribution in [0.5, 0.6) is 0 Å². The van der Waals surface area contributed by atoms with Crippen molar-refractivity contribution in [3.63, 3.8) is 0 Å². The van der Waals surface area contributed by atoms with E-state index in [4.69, 9.17) is 5.73 Å². The number of hydrogen-bond acceptors (Lipinski definition) is 6.